The summed E-state index contributed by atoms with van der Waals surface area (Å²) in [6.45, 7) is 4.74. The van der Waals surface area contributed by atoms with E-state index in [4.69, 9.17) is 0 Å². The highest BCUT2D eigenvalue weighted by Gasteiger charge is 2.23. The third-order valence-corrected chi connectivity index (χ3v) is 6.07. The van der Waals surface area contributed by atoms with Gasteiger partial charge in [0.2, 0.25) is 0 Å². The Morgan fingerprint density at radius 3 is 1.06 bits per heavy atom. The molecule has 0 spiro atoms. The van der Waals surface area contributed by atoms with Crippen LogP contribution in [-0.2, 0) is 0 Å². The van der Waals surface area contributed by atoms with Crippen molar-refractivity contribution in [3.8, 4) is 0 Å². The topological polar surface area (TPSA) is 0 Å². The fourth-order valence-corrected chi connectivity index (χ4v) is 4.33. The van der Waals surface area contributed by atoms with Crippen LogP contribution in [0.2, 0.25) is 0 Å². The fraction of sp³-hybridized carbons (Fsp3) is 1.00. The van der Waals surface area contributed by atoms with Crippen molar-refractivity contribution in [1.82, 2.24) is 0 Å². The Kier molecular flexibility index (Phi) is 6.05. The highest BCUT2D eigenvalue weighted by molar-refractivity contribution is 4.76. The molecule has 0 atom stereocenters. The molecule has 2 aliphatic rings. The summed E-state index contributed by atoms with van der Waals surface area (Å²) in [6, 6.07) is 0. The smallest absolute Gasteiger partial charge is 0.0414 e. The average Bonchev–Trinajstić information content (AvgIpc) is 2.46. The molecule has 0 aromatic carbocycles. The zero-order valence-corrected chi connectivity index (χ0v) is 12.8. The van der Waals surface area contributed by atoms with Gasteiger partial charge in [0.05, 0.1) is 0 Å². The lowest BCUT2D eigenvalue weighted by Crippen LogP contribution is -2.17. The maximum absolute atomic E-state index is 2.37. The second-order valence-corrected chi connectivity index (χ2v) is 7.17. The predicted octanol–water partition coefficient (Wildman–Crippen LogP) is 6.20. The largest absolute Gasteiger partial charge is 0.0651 e. The molecule has 0 aromatic rings. The van der Waals surface area contributed by atoms with E-state index in [2.05, 4.69) is 13.8 Å². The minimum atomic E-state index is 1.07. The summed E-state index contributed by atoms with van der Waals surface area (Å²) in [5, 5.41) is 0. The second-order valence-electron chi connectivity index (χ2n) is 7.17. The van der Waals surface area contributed by atoms with E-state index in [1.54, 1.807) is 38.5 Å². The Hall–Kier alpha value is 0. The van der Waals surface area contributed by atoms with E-state index in [0.29, 0.717) is 0 Å². The molecule has 106 valence electrons. The van der Waals surface area contributed by atoms with Crippen molar-refractivity contribution >= 4 is 0 Å². The van der Waals surface area contributed by atoms with Crippen LogP contribution in [-0.4, -0.2) is 0 Å². The quantitative estimate of drug-likeness (QED) is 0.545. The molecule has 0 heterocycles. The molecule has 0 aromatic heterocycles. The van der Waals surface area contributed by atoms with Crippen LogP contribution < -0.4 is 0 Å². The third kappa shape index (κ3) is 4.28. The Morgan fingerprint density at radius 2 is 0.778 bits per heavy atom. The van der Waals surface area contributed by atoms with Crippen LogP contribution in [0.25, 0.3) is 0 Å². The molecule has 18 heavy (non-hydrogen) atoms. The summed E-state index contributed by atoms with van der Waals surface area (Å²) in [6.07, 6.45) is 18.3. The van der Waals surface area contributed by atoms with E-state index in [9.17, 15) is 0 Å². The van der Waals surface area contributed by atoms with E-state index in [-0.39, 0.29) is 0 Å². The molecular formula is C18H34. The Balaban J connectivity index is 1.58. The molecule has 0 bridgehead atoms. The van der Waals surface area contributed by atoms with E-state index in [0.717, 1.165) is 23.7 Å². The SMILES string of the molecule is CC[C@H]1CC[C@H](CC[C@H]2CC[C@H](CC)CC2)CC1. The standard InChI is InChI=1S/C18H34/c1-3-15-5-9-17(10-6-15)13-14-18-11-7-16(4-2)8-12-18/h15-18H,3-14H2,1-2H3/t15-,16-,17-,18-. The Labute approximate surface area is 115 Å². The lowest BCUT2D eigenvalue weighted by Gasteiger charge is -2.31. The third-order valence-electron chi connectivity index (χ3n) is 6.07. The highest BCUT2D eigenvalue weighted by atomic mass is 14.3. The molecular weight excluding hydrogens is 216 g/mol. The van der Waals surface area contributed by atoms with E-state index in [1.807, 2.05) is 0 Å². The van der Waals surface area contributed by atoms with Gasteiger partial charge in [-0.3, -0.25) is 0 Å². The molecule has 0 saturated heterocycles. The van der Waals surface area contributed by atoms with Gasteiger partial charge in [0, 0.05) is 0 Å². The molecule has 0 nitrogen and oxygen atoms in total. The van der Waals surface area contributed by atoms with Gasteiger partial charge in [-0.05, 0) is 23.7 Å². The summed E-state index contributed by atoms with van der Waals surface area (Å²) in [7, 11) is 0. The predicted molar refractivity (Wildman–Crippen MR) is 80.7 cm³/mol. The van der Waals surface area contributed by atoms with Crippen molar-refractivity contribution in [2.45, 2.75) is 90.9 Å². The van der Waals surface area contributed by atoms with Crippen LogP contribution in [0.1, 0.15) is 90.9 Å². The molecule has 0 unspecified atom stereocenters. The first-order valence-electron chi connectivity index (χ1n) is 8.81. The van der Waals surface area contributed by atoms with Crippen LogP contribution in [0, 0.1) is 23.7 Å². The summed E-state index contributed by atoms with van der Waals surface area (Å²) >= 11 is 0. The van der Waals surface area contributed by atoms with Crippen LogP contribution in [0.3, 0.4) is 0 Å². The van der Waals surface area contributed by atoms with Gasteiger partial charge in [0.25, 0.3) is 0 Å². The molecule has 0 N–H and O–H groups in total. The van der Waals surface area contributed by atoms with Gasteiger partial charge < -0.3 is 0 Å². The van der Waals surface area contributed by atoms with E-state index < -0.39 is 0 Å². The van der Waals surface area contributed by atoms with Gasteiger partial charge >= 0.3 is 0 Å². The first-order valence-corrected chi connectivity index (χ1v) is 8.81. The van der Waals surface area contributed by atoms with Crippen LogP contribution in [0.4, 0.5) is 0 Å². The zero-order valence-electron chi connectivity index (χ0n) is 12.8. The average molecular weight is 250 g/mol. The van der Waals surface area contributed by atoms with Crippen molar-refractivity contribution in [2.24, 2.45) is 23.7 Å². The molecule has 0 aliphatic heterocycles. The molecule has 0 radical (unpaired) electrons. The molecule has 2 fully saturated rings. The minimum Gasteiger partial charge on any atom is -0.0651 e. The van der Waals surface area contributed by atoms with Crippen molar-refractivity contribution in [1.29, 1.82) is 0 Å². The minimum absolute atomic E-state index is 1.07. The fourth-order valence-electron chi connectivity index (χ4n) is 4.33. The first kappa shape index (κ1) is 14.4. The molecule has 0 amide bonds. The van der Waals surface area contributed by atoms with Gasteiger partial charge in [-0.25, -0.2) is 0 Å². The van der Waals surface area contributed by atoms with Crippen molar-refractivity contribution in [3.63, 3.8) is 0 Å². The maximum atomic E-state index is 2.37. The van der Waals surface area contributed by atoms with E-state index >= 15 is 0 Å². The van der Waals surface area contributed by atoms with Crippen molar-refractivity contribution in [2.75, 3.05) is 0 Å². The lowest BCUT2D eigenvalue weighted by atomic mass is 9.75. The van der Waals surface area contributed by atoms with Crippen molar-refractivity contribution < 1.29 is 0 Å². The van der Waals surface area contributed by atoms with Gasteiger partial charge in [-0.15, -0.1) is 0 Å². The molecule has 2 aliphatic carbocycles. The number of hydrogen-bond donors (Lipinski definition) is 0. The maximum Gasteiger partial charge on any atom is -0.0414 e. The normalized spacial score (nSPS) is 37.7. The summed E-state index contributed by atoms with van der Waals surface area (Å²) in [5.41, 5.74) is 0. The Bertz CT molecular complexity index is 180. The zero-order chi connectivity index (χ0) is 12.8. The van der Waals surface area contributed by atoms with Gasteiger partial charge in [0.1, 0.15) is 0 Å². The summed E-state index contributed by atoms with van der Waals surface area (Å²) < 4.78 is 0. The van der Waals surface area contributed by atoms with Gasteiger partial charge in [-0.1, -0.05) is 90.9 Å². The molecule has 2 saturated carbocycles. The lowest BCUT2D eigenvalue weighted by molar-refractivity contribution is 0.213. The first-order chi connectivity index (χ1) is 8.81. The number of rotatable bonds is 5. The van der Waals surface area contributed by atoms with Crippen LogP contribution >= 0.6 is 0 Å². The summed E-state index contributed by atoms with van der Waals surface area (Å²) in [4.78, 5) is 0. The second kappa shape index (κ2) is 7.56. The van der Waals surface area contributed by atoms with Crippen LogP contribution in [0.5, 0.6) is 0 Å². The number of hydrogen-bond acceptors (Lipinski definition) is 0. The summed E-state index contributed by atoms with van der Waals surface area (Å²) in [5.74, 6) is 4.33. The van der Waals surface area contributed by atoms with E-state index in [1.165, 1.54) is 38.5 Å². The monoisotopic (exact) mass is 250 g/mol. The van der Waals surface area contributed by atoms with Gasteiger partial charge in [-0.2, -0.15) is 0 Å². The van der Waals surface area contributed by atoms with Crippen molar-refractivity contribution in [3.05, 3.63) is 0 Å². The molecule has 2 rings (SSSR count). The van der Waals surface area contributed by atoms with Gasteiger partial charge in [0.15, 0.2) is 0 Å². The molecule has 0 heteroatoms. The van der Waals surface area contributed by atoms with Crippen LogP contribution in [0.15, 0.2) is 0 Å². The highest BCUT2D eigenvalue weighted by Crippen LogP contribution is 2.37. The Morgan fingerprint density at radius 1 is 0.500 bits per heavy atom.